The van der Waals surface area contributed by atoms with Gasteiger partial charge in [0.1, 0.15) is 5.54 Å². The number of hydrogen-bond acceptors (Lipinski definition) is 2. The first-order valence-corrected chi connectivity index (χ1v) is 5.26. The van der Waals surface area contributed by atoms with Crippen LogP contribution in [-0.4, -0.2) is 28.7 Å². The first kappa shape index (κ1) is 13.8. The number of carboxylic acid groups (broad SMARTS) is 1. The van der Waals surface area contributed by atoms with Crippen molar-refractivity contribution in [3.63, 3.8) is 0 Å². The summed E-state index contributed by atoms with van der Waals surface area (Å²) in [5, 5.41) is 11.2. The van der Waals surface area contributed by atoms with Gasteiger partial charge in [0.25, 0.3) is 0 Å². The lowest BCUT2D eigenvalue weighted by Gasteiger charge is -2.26. The fourth-order valence-corrected chi connectivity index (χ4v) is 1.60. The van der Waals surface area contributed by atoms with Crippen molar-refractivity contribution in [3.8, 4) is 0 Å². The van der Waals surface area contributed by atoms with Crippen LogP contribution in [0, 0.1) is 5.92 Å². The number of amides is 1. The Kier molecular flexibility index (Phi) is 3.68. The zero-order chi connectivity index (χ0) is 13.3. The average molecular weight is 253 g/mol. The maximum Gasteiger partial charge on any atom is 0.389 e. The number of rotatable bonds is 5. The first-order valence-electron chi connectivity index (χ1n) is 5.26. The van der Waals surface area contributed by atoms with Gasteiger partial charge in [-0.15, -0.1) is 0 Å². The van der Waals surface area contributed by atoms with Gasteiger partial charge in [0, 0.05) is 6.42 Å². The molecule has 0 radical (unpaired) electrons. The zero-order valence-corrected chi connectivity index (χ0v) is 9.30. The molecule has 1 aliphatic carbocycles. The van der Waals surface area contributed by atoms with E-state index in [1.165, 1.54) is 6.92 Å². The van der Waals surface area contributed by atoms with E-state index in [0.29, 0.717) is 12.8 Å². The van der Waals surface area contributed by atoms with E-state index >= 15 is 0 Å². The van der Waals surface area contributed by atoms with E-state index in [1.54, 1.807) is 0 Å². The summed E-state index contributed by atoms with van der Waals surface area (Å²) in [6.45, 7) is 1.33. The predicted molar refractivity (Wildman–Crippen MR) is 52.2 cm³/mol. The second kappa shape index (κ2) is 4.54. The van der Waals surface area contributed by atoms with Crippen molar-refractivity contribution in [1.29, 1.82) is 0 Å². The third-order valence-corrected chi connectivity index (χ3v) is 2.87. The molecule has 0 spiro atoms. The number of alkyl halides is 3. The van der Waals surface area contributed by atoms with Crippen molar-refractivity contribution >= 4 is 11.9 Å². The second-order valence-corrected chi connectivity index (χ2v) is 4.45. The van der Waals surface area contributed by atoms with Crippen molar-refractivity contribution < 1.29 is 27.9 Å². The molecule has 98 valence electrons. The van der Waals surface area contributed by atoms with Gasteiger partial charge >= 0.3 is 12.1 Å². The lowest BCUT2D eigenvalue weighted by molar-refractivity contribution is -0.151. The lowest BCUT2D eigenvalue weighted by atomic mass is 9.95. The molecular formula is C10H14F3NO3. The van der Waals surface area contributed by atoms with E-state index in [4.69, 9.17) is 5.11 Å². The van der Waals surface area contributed by atoms with Crippen LogP contribution in [-0.2, 0) is 9.59 Å². The molecule has 1 aliphatic rings. The Morgan fingerprint density at radius 2 is 1.88 bits per heavy atom. The van der Waals surface area contributed by atoms with E-state index in [2.05, 4.69) is 5.32 Å². The molecule has 0 saturated heterocycles. The molecule has 1 unspecified atom stereocenters. The maximum atomic E-state index is 11.9. The molecule has 0 aromatic carbocycles. The van der Waals surface area contributed by atoms with E-state index in [1.807, 2.05) is 0 Å². The molecule has 4 nitrogen and oxygen atoms in total. The molecule has 1 atom stereocenters. The topological polar surface area (TPSA) is 66.4 Å². The molecule has 0 bridgehead atoms. The van der Waals surface area contributed by atoms with Gasteiger partial charge in [-0.05, 0) is 25.7 Å². The first-order chi connectivity index (χ1) is 7.65. The third kappa shape index (κ3) is 3.90. The fourth-order valence-electron chi connectivity index (χ4n) is 1.60. The summed E-state index contributed by atoms with van der Waals surface area (Å²) >= 11 is 0. The quantitative estimate of drug-likeness (QED) is 0.783. The Morgan fingerprint density at radius 1 is 1.35 bits per heavy atom. The summed E-state index contributed by atoms with van der Waals surface area (Å²) in [5.41, 5.74) is -1.44. The number of carboxylic acids is 1. The van der Waals surface area contributed by atoms with Crippen molar-refractivity contribution in [2.24, 2.45) is 5.92 Å². The molecule has 1 amide bonds. The number of halogens is 3. The van der Waals surface area contributed by atoms with Gasteiger partial charge in [0.15, 0.2) is 0 Å². The standard InChI is InChI=1S/C10H14F3NO3/c1-9(8(16)17,6-2-3-6)14-7(15)4-5-10(11,12)13/h6H,2-5H2,1H3,(H,14,15)(H,16,17). The smallest absolute Gasteiger partial charge is 0.389 e. The van der Waals surface area contributed by atoms with Crippen LogP contribution in [0.3, 0.4) is 0 Å². The number of aliphatic carboxylic acids is 1. The second-order valence-electron chi connectivity index (χ2n) is 4.45. The highest BCUT2D eigenvalue weighted by atomic mass is 19.4. The monoisotopic (exact) mass is 253 g/mol. The average Bonchev–Trinajstić information content (AvgIpc) is 2.96. The van der Waals surface area contributed by atoms with Crippen molar-refractivity contribution in [3.05, 3.63) is 0 Å². The van der Waals surface area contributed by atoms with Gasteiger partial charge in [-0.2, -0.15) is 13.2 Å². The number of carbonyl (C=O) groups is 2. The highest BCUT2D eigenvalue weighted by Gasteiger charge is 2.48. The Labute approximate surface area is 96.2 Å². The van der Waals surface area contributed by atoms with E-state index in [-0.39, 0.29) is 5.92 Å². The lowest BCUT2D eigenvalue weighted by Crippen LogP contribution is -2.54. The van der Waals surface area contributed by atoms with Gasteiger partial charge < -0.3 is 10.4 Å². The maximum absolute atomic E-state index is 11.9. The Hall–Kier alpha value is -1.27. The van der Waals surface area contributed by atoms with Crippen LogP contribution in [0.4, 0.5) is 13.2 Å². The zero-order valence-electron chi connectivity index (χ0n) is 9.30. The number of hydrogen-bond donors (Lipinski definition) is 2. The molecule has 17 heavy (non-hydrogen) atoms. The Balaban J connectivity index is 2.51. The van der Waals surface area contributed by atoms with E-state index < -0.39 is 36.4 Å². The normalized spacial score (nSPS) is 19.5. The minimum atomic E-state index is -4.41. The van der Waals surface area contributed by atoms with Gasteiger partial charge in [0.05, 0.1) is 6.42 Å². The molecule has 1 fully saturated rings. The molecule has 2 N–H and O–H groups in total. The Bertz CT molecular complexity index is 325. The summed E-state index contributed by atoms with van der Waals surface area (Å²) in [4.78, 5) is 22.3. The number of nitrogens with one attached hydrogen (secondary N) is 1. The van der Waals surface area contributed by atoms with E-state index in [9.17, 15) is 22.8 Å². The minimum Gasteiger partial charge on any atom is -0.480 e. The molecule has 0 aromatic heterocycles. The molecule has 1 saturated carbocycles. The Morgan fingerprint density at radius 3 is 2.24 bits per heavy atom. The molecule has 0 aromatic rings. The minimum absolute atomic E-state index is 0.185. The van der Waals surface area contributed by atoms with Crippen LogP contribution in [0.1, 0.15) is 32.6 Å². The predicted octanol–water partition coefficient (Wildman–Crippen LogP) is 1.70. The highest BCUT2D eigenvalue weighted by Crippen LogP contribution is 2.39. The van der Waals surface area contributed by atoms with Crippen molar-refractivity contribution in [2.75, 3.05) is 0 Å². The van der Waals surface area contributed by atoms with Crippen LogP contribution in [0.15, 0.2) is 0 Å². The van der Waals surface area contributed by atoms with Crippen molar-refractivity contribution in [2.45, 2.75) is 44.3 Å². The summed E-state index contributed by atoms with van der Waals surface area (Å²) in [5.74, 6) is -2.27. The molecule has 1 rings (SSSR count). The van der Waals surface area contributed by atoms with Gasteiger partial charge in [-0.3, -0.25) is 4.79 Å². The van der Waals surface area contributed by atoms with E-state index in [0.717, 1.165) is 0 Å². The van der Waals surface area contributed by atoms with Crippen LogP contribution >= 0.6 is 0 Å². The summed E-state index contributed by atoms with van der Waals surface area (Å²) in [6, 6.07) is 0. The SMILES string of the molecule is CC(NC(=O)CCC(F)(F)F)(C(=O)O)C1CC1. The van der Waals surface area contributed by atoms with Crippen LogP contribution < -0.4 is 5.32 Å². The molecule has 7 heteroatoms. The molecular weight excluding hydrogens is 239 g/mol. The van der Waals surface area contributed by atoms with Crippen LogP contribution in [0.25, 0.3) is 0 Å². The molecule has 0 aliphatic heterocycles. The summed E-state index contributed by atoms with van der Waals surface area (Å²) in [6.07, 6.45) is -5.04. The fraction of sp³-hybridized carbons (Fsp3) is 0.800. The third-order valence-electron chi connectivity index (χ3n) is 2.87. The van der Waals surface area contributed by atoms with Gasteiger partial charge in [0.2, 0.25) is 5.91 Å². The highest BCUT2D eigenvalue weighted by molar-refractivity contribution is 5.87. The largest absolute Gasteiger partial charge is 0.480 e. The van der Waals surface area contributed by atoms with Crippen LogP contribution in [0.5, 0.6) is 0 Å². The van der Waals surface area contributed by atoms with Gasteiger partial charge in [-0.1, -0.05) is 0 Å². The summed E-state index contributed by atoms with van der Waals surface area (Å²) < 4.78 is 35.6. The van der Waals surface area contributed by atoms with Crippen molar-refractivity contribution in [1.82, 2.24) is 5.32 Å². The summed E-state index contributed by atoms with van der Waals surface area (Å²) in [7, 11) is 0. The van der Waals surface area contributed by atoms with Crippen LogP contribution in [0.2, 0.25) is 0 Å². The molecule has 0 heterocycles. The van der Waals surface area contributed by atoms with Gasteiger partial charge in [-0.25, -0.2) is 4.79 Å². The number of carbonyl (C=O) groups excluding carboxylic acids is 1.